The summed E-state index contributed by atoms with van der Waals surface area (Å²) >= 11 is 1.31. The zero-order valence-electron chi connectivity index (χ0n) is 13.0. The molecule has 0 saturated carbocycles. The smallest absolute Gasteiger partial charge is 0.264 e. The molecule has 0 unspecified atom stereocenters. The topological polar surface area (TPSA) is 51.2 Å². The molecule has 1 heterocycles. The summed E-state index contributed by atoms with van der Waals surface area (Å²) in [7, 11) is 0. The Kier molecular flexibility index (Phi) is 5.35. The lowest BCUT2D eigenvalue weighted by molar-refractivity contribution is -0.118. The molecule has 0 radical (unpaired) electrons. The van der Waals surface area contributed by atoms with Gasteiger partial charge in [-0.2, -0.15) is 0 Å². The van der Waals surface area contributed by atoms with Crippen LogP contribution in [0.25, 0.3) is 0 Å². The fourth-order valence-electron chi connectivity index (χ4n) is 2.13. The van der Waals surface area contributed by atoms with E-state index in [0.29, 0.717) is 17.3 Å². The van der Waals surface area contributed by atoms with E-state index in [2.05, 4.69) is 10.3 Å². The highest BCUT2D eigenvalue weighted by molar-refractivity contribution is 7.15. The molecule has 2 aromatic carbocycles. The Bertz CT molecular complexity index is 866. The number of benzene rings is 2. The van der Waals surface area contributed by atoms with Crippen molar-refractivity contribution >= 4 is 22.4 Å². The number of aromatic nitrogens is 1. The maximum absolute atomic E-state index is 13.2. The van der Waals surface area contributed by atoms with Crippen molar-refractivity contribution < 1.29 is 18.3 Å². The standard InChI is InChI=1S/C18H14F2N2O2S/c19-13-4-6-15(7-5-13)24-11-17(23)22-18-21-10-16(25-18)9-12-2-1-3-14(20)8-12/h1-8,10H,9,11H2,(H,21,22,23). The van der Waals surface area contributed by atoms with Crippen molar-refractivity contribution in [1.82, 2.24) is 4.98 Å². The van der Waals surface area contributed by atoms with Crippen LogP contribution in [0.5, 0.6) is 5.75 Å². The molecule has 25 heavy (non-hydrogen) atoms. The first-order valence-electron chi connectivity index (χ1n) is 7.46. The van der Waals surface area contributed by atoms with Gasteiger partial charge in [0.25, 0.3) is 5.91 Å². The van der Waals surface area contributed by atoms with Crippen molar-refractivity contribution in [2.75, 3.05) is 11.9 Å². The molecule has 0 aliphatic carbocycles. The van der Waals surface area contributed by atoms with Crippen LogP contribution >= 0.6 is 11.3 Å². The summed E-state index contributed by atoms with van der Waals surface area (Å²) in [5.41, 5.74) is 0.834. The molecule has 0 saturated heterocycles. The van der Waals surface area contributed by atoms with Crippen LogP contribution in [0.1, 0.15) is 10.4 Å². The van der Waals surface area contributed by atoms with E-state index in [4.69, 9.17) is 4.74 Å². The predicted molar refractivity (Wildman–Crippen MR) is 91.8 cm³/mol. The van der Waals surface area contributed by atoms with Crippen molar-refractivity contribution in [2.45, 2.75) is 6.42 Å². The number of nitrogens with one attached hydrogen (secondary N) is 1. The number of nitrogens with zero attached hydrogens (tertiary/aromatic N) is 1. The second kappa shape index (κ2) is 7.85. The van der Waals surface area contributed by atoms with Crippen LogP contribution in [0.2, 0.25) is 0 Å². The Hall–Kier alpha value is -2.80. The van der Waals surface area contributed by atoms with Gasteiger partial charge in [0.05, 0.1) is 0 Å². The number of ether oxygens (including phenoxy) is 1. The lowest BCUT2D eigenvalue weighted by Crippen LogP contribution is -2.19. The lowest BCUT2D eigenvalue weighted by Gasteiger charge is -2.05. The van der Waals surface area contributed by atoms with Gasteiger partial charge < -0.3 is 4.74 Å². The summed E-state index contributed by atoms with van der Waals surface area (Å²) in [6, 6.07) is 11.8. The molecular weight excluding hydrogens is 346 g/mol. The van der Waals surface area contributed by atoms with Crippen LogP contribution in [0.4, 0.5) is 13.9 Å². The third-order valence-corrected chi connectivity index (χ3v) is 4.16. The summed E-state index contributed by atoms with van der Waals surface area (Å²) < 4.78 is 31.2. The third-order valence-electron chi connectivity index (χ3n) is 3.25. The molecule has 0 fully saturated rings. The van der Waals surface area contributed by atoms with Gasteiger partial charge >= 0.3 is 0 Å². The summed E-state index contributed by atoms with van der Waals surface area (Å²) in [6.45, 7) is -0.204. The first-order valence-corrected chi connectivity index (χ1v) is 8.27. The van der Waals surface area contributed by atoms with Crippen LogP contribution in [0.15, 0.2) is 54.7 Å². The van der Waals surface area contributed by atoms with E-state index in [1.54, 1.807) is 12.3 Å². The van der Waals surface area contributed by atoms with E-state index in [-0.39, 0.29) is 24.1 Å². The van der Waals surface area contributed by atoms with E-state index in [9.17, 15) is 13.6 Å². The van der Waals surface area contributed by atoms with E-state index in [1.165, 1.54) is 47.7 Å². The van der Waals surface area contributed by atoms with Crippen LogP contribution in [-0.4, -0.2) is 17.5 Å². The number of hydrogen-bond donors (Lipinski definition) is 1. The molecule has 128 valence electrons. The minimum Gasteiger partial charge on any atom is -0.484 e. The van der Waals surface area contributed by atoms with E-state index < -0.39 is 0 Å². The number of thiazole rings is 1. The third kappa shape index (κ3) is 5.09. The highest BCUT2D eigenvalue weighted by Gasteiger charge is 2.08. The first-order chi connectivity index (χ1) is 12.1. The summed E-state index contributed by atoms with van der Waals surface area (Å²) in [5.74, 6) is -0.614. The molecular formula is C18H14F2N2O2S. The molecule has 3 aromatic rings. The zero-order chi connectivity index (χ0) is 17.6. The highest BCUT2D eigenvalue weighted by atomic mass is 32.1. The molecule has 3 rings (SSSR count). The Balaban J connectivity index is 1.52. The normalized spacial score (nSPS) is 10.5. The van der Waals surface area contributed by atoms with Gasteiger partial charge in [0.1, 0.15) is 17.4 Å². The maximum atomic E-state index is 13.2. The van der Waals surface area contributed by atoms with Crippen molar-refractivity contribution in [1.29, 1.82) is 0 Å². The molecule has 0 spiro atoms. The van der Waals surface area contributed by atoms with Gasteiger partial charge in [0.15, 0.2) is 11.7 Å². The van der Waals surface area contributed by atoms with Gasteiger partial charge in [-0.05, 0) is 42.0 Å². The first kappa shape index (κ1) is 17.0. The fourth-order valence-corrected chi connectivity index (χ4v) is 2.99. The largest absolute Gasteiger partial charge is 0.484 e. The van der Waals surface area contributed by atoms with Gasteiger partial charge in [-0.3, -0.25) is 10.1 Å². The summed E-state index contributed by atoms with van der Waals surface area (Å²) in [5, 5.41) is 3.08. The fraction of sp³-hybridized carbons (Fsp3) is 0.111. The van der Waals surface area contributed by atoms with Gasteiger partial charge in [-0.15, -0.1) is 11.3 Å². The quantitative estimate of drug-likeness (QED) is 0.722. The number of carbonyl (C=O) groups excluding carboxylic acids is 1. The number of rotatable bonds is 6. The molecule has 0 aliphatic heterocycles. The molecule has 1 N–H and O–H groups in total. The maximum Gasteiger partial charge on any atom is 0.264 e. The molecule has 1 amide bonds. The van der Waals surface area contributed by atoms with Crippen LogP contribution in [-0.2, 0) is 11.2 Å². The van der Waals surface area contributed by atoms with E-state index in [1.807, 2.05) is 6.07 Å². The van der Waals surface area contributed by atoms with Crippen molar-refractivity contribution in [3.05, 3.63) is 76.8 Å². The van der Waals surface area contributed by atoms with Gasteiger partial charge in [-0.1, -0.05) is 12.1 Å². The van der Waals surface area contributed by atoms with Crippen LogP contribution < -0.4 is 10.1 Å². The Morgan fingerprint density at radius 3 is 2.68 bits per heavy atom. The van der Waals surface area contributed by atoms with Gasteiger partial charge in [-0.25, -0.2) is 13.8 Å². The molecule has 0 atom stereocenters. The predicted octanol–water partition coefficient (Wildman–Crippen LogP) is 4.03. The highest BCUT2D eigenvalue weighted by Crippen LogP contribution is 2.21. The second-order valence-corrected chi connectivity index (χ2v) is 6.34. The Morgan fingerprint density at radius 2 is 1.92 bits per heavy atom. The molecule has 7 heteroatoms. The number of hydrogen-bond acceptors (Lipinski definition) is 4. The monoisotopic (exact) mass is 360 g/mol. The average molecular weight is 360 g/mol. The van der Waals surface area contributed by atoms with Gasteiger partial charge in [0, 0.05) is 17.5 Å². The van der Waals surface area contributed by atoms with Crippen molar-refractivity contribution in [3.8, 4) is 5.75 Å². The molecule has 1 aromatic heterocycles. The van der Waals surface area contributed by atoms with Crippen LogP contribution in [0.3, 0.4) is 0 Å². The number of carbonyl (C=O) groups is 1. The second-order valence-electron chi connectivity index (χ2n) is 5.23. The summed E-state index contributed by atoms with van der Waals surface area (Å²) in [4.78, 5) is 16.9. The molecule has 0 bridgehead atoms. The Labute approximate surface area is 147 Å². The Morgan fingerprint density at radius 1 is 1.12 bits per heavy atom. The minimum absolute atomic E-state index is 0.204. The number of halogens is 2. The van der Waals surface area contributed by atoms with E-state index >= 15 is 0 Å². The molecule has 4 nitrogen and oxygen atoms in total. The minimum atomic E-state index is -0.370. The van der Waals surface area contributed by atoms with Crippen molar-refractivity contribution in [2.24, 2.45) is 0 Å². The number of anilines is 1. The van der Waals surface area contributed by atoms with Gasteiger partial charge in [0.2, 0.25) is 0 Å². The zero-order valence-corrected chi connectivity index (χ0v) is 13.9. The lowest BCUT2D eigenvalue weighted by atomic mass is 10.1. The van der Waals surface area contributed by atoms with E-state index in [0.717, 1.165) is 10.4 Å². The SMILES string of the molecule is O=C(COc1ccc(F)cc1)Nc1ncc(Cc2cccc(F)c2)s1. The van der Waals surface area contributed by atoms with Crippen molar-refractivity contribution in [3.63, 3.8) is 0 Å². The van der Waals surface area contributed by atoms with Crippen LogP contribution in [0, 0.1) is 11.6 Å². The summed E-state index contributed by atoms with van der Waals surface area (Å²) in [6.07, 6.45) is 2.18. The molecule has 0 aliphatic rings. The number of amides is 1. The average Bonchev–Trinajstić information content (AvgIpc) is 3.01.